The van der Waals surface area contributed by atoms with Gasteiger partial charge in [0.2, 0.25) is 5.91 Å². The summed E-state index contributed by atoms with van der Waals surface area (Å²) in [5.74, 6) is 0.599. The monoisotopic (exact) mass is 354 g/mol. The van der Waals surface area contributed by atoms with Gasteiger partial charge < -0.3 is 10.2 Å². The Kier molecular flexibility index (Phi) is 6.45. The summed E-state index contributed by atoms with van der Waals surface area (Å²) in [6.45, 7) is 8.35. The Bertz CT molecular complexity index is 710. The Balaban J connectivity index is 1.40. The molecule has 1 aromatic carbocycles. The number of nitrogens with zero attached hydrogens (tertiary/aromatic N) is 3. The predicted molar refractivity (Wildman–Crippen MR) is 104 cm³/mol. The number of hydrogen-bond acceptors (Lipinski definition) is 3. The van der Waals surface area contributed by atoms with Crippen molar-refractivity contribution in [1.29, 1.82) is 0 Å². The highest BCUT2D eigenvalue weighted by atomic mass is 16.2. The Hall–Kier alpha value is -2.14. The van der Waals surface area contributed by atoms with Crippen molar-refractivity contribution < 1.29 is 4.79 Å². The molecule has 0 bridgehead atoms. The Morgan fingerprint density at radius 3 is 2.81 bits per heavy atom. The average Bonchev–Trinajstić information content (AvgIpc) is 2.96. The van der Waals surface area contributed by atoms with Crippen molar-refractivity contribution in [3.8, 4) is 0 Å². The van der Waals surface area contributed by atoms with Gasteiger partial charge in [-0.2, -0.15) is 5.10 Å². The third kappa shape index (κ3) is 5.43. The zero-order valence-electron chi connectivity index (χ0n) is 15.9. The van der Waals surface area contributed by atoms with Gasteiger partial charge in [0, 0.05) is 25.3 Å². The molecule has 1 fully saturated rings. The van der Waals surface area contributed by atoms with Crippen LogP contribution in [0.3, 0.4) is 0 Å². The van der Waals surface area contributed by atoms with Crippen LogP contribution in [0, 0.1) is 19.8 Å². The van der Waals surface area contributed by atoms with Crippen LogP contribution in [0.4, 0.5) is 0 Å². The quantitative estimate of drug-likeness (QED) is 0.831. The first kappa shape index (κ1) is 18.6. The van der Waals surface area contributed by atoms with Gasteiger partial charge in [-0.1, -0.05) is 30.3 Å². The van der Waals surface area contributed by atoms with Crippen molar-refractivity contribution in [1.82, 2.24) is 20.0 Å². The fourth-order valence-electron chi connectivity index (χ4n) is 3.74. The number of aromatic nitrogens is 2. The first-order valence-electron chi connectivity index (χ1n) is 9.64. The molecule has 5 nitrogen and oxygen atoms in total. The zero-order valence-corrected chi connectivity index (χ0v) is 15.9. The number of piperidine rings is 1. The molecule has 0 spiro atoms. The molecular formula is C21H30N4O. The zero-order chi connectivity index (χ0) is 18.4. The molecule has 1 saturated heterocycles. The smallest absolute Gasteiger partial charge is 0.241 e. The molecule has 2 heterocycles. The lowest BCUT2D eigenvalue weighted by Gasteiger charge is -2.32. The number of nitrogens with one attached hydrogen (secondary N) is 1. The molecule has 0 saturated carbocycles. The molecule has 26 heavy (non-hydrogen) atoms. The van der Waals surface area contributed by atoms with Crippen LogP contribution in [0.15, 0.2) is 36.4 Å². The van der Waals surface area contributed by atoms with Crippen LogP contribution in [0.5, 0.6) is 0 Å². The van der Waals surface area contributed by atoms with Crippen molar-refractivity contribution in [2.75, 3.05) is 26.2 Å². The summed E-state index contributed by atoms with van der Waals surface area (Å²) in [5.41, 5.74) is 3.38. The van der Waals surface area contributed by atoms with Crippen LogP contribution in [-0.4, -0.2) is 46.8 Å². The highest BCUT2D eigenvalue weighted by Crippen LogP contribution is 2.16. The molecule has 140 valence electrons. The molecule has 0 aliphatic carbocycles. The topological polar surface area (TPSA) is 50.2 Å². The van der Waals surface area contributed by atoms with Crippen molar-refractivity contribution in [2.24, 2.45) is 5.92 Å². The SMILES string of the molecule is Cc1cc(C)n(CC(=O)NCC2CCCN(CCc3ccccc3)C2)n1. The normalized spacial score (nSPS) is 18.0. The van der Waals surface area contributed by atoms with E-state index in [1.807, 2.05) is 19.9 Å². The van der Waals surface area contributed by atoms with E-state index in [9.17, 15) is 4.79 Å². The first-order chi connectivity index (χ1) is 12.6. The minimum absolute atomic E-state index is 0.0533. The lowest BCUT2D eigenvalue weighted by atomic mass is 9.97. The van der Waals surface area contributed by atoms with Crippen molar-refractivity contribution in [3.05, 3.63) is 53.3 Å². The summed E-state index contributed by atoms with van der Waals surface area (Å²) in [4.78, 5) is 14.8. The molecule has 1 aromatic heterocycles. The van der Waals surface area contributed by atoms with E-state index in [0.29, 0.717) is 12.5 Å². The van der Waals surface area contributed by atoms with Crippen LogP contribution in [0.1, 0.15) is 29.8 Å². The van der Waals surface area contributed by atoms with E-state index in [1.165, 1.54) is 24.9 Å². The largest absolute Gasteiger partial charge is 0.354 e. The number of carbonyl (C=O) groups is 1. The van der Waals surface area contributed by atoms with Gasteiger partial charge in [-0.25, -0.2) is 0 Å². The summed E-state index contributed by atoms with van der Waals surface area (Å²) in [5, 5.41) is 7.46. The minimum atomic E-state index is 0.0533. The number of likely N-dealkylation sites (tertiary alicyclic amines) is 1. The summed E-state index contributed by atoms with van der Waals surface area (Å²) in [6.07, 6.45) is 3.51. The van der Waals surface area contributed by atoms with Gasteiger partial charge in [-0.15, -0.1) is 0 Å². The van der Waals surface area contributed by atoms with E-state index in [2.05, 4.69) is 45.6 Å². The summed E-state index contributed by atoms with van der Waals surface area (Å²) >= 11 is 0. The third-order valence-corrected chi connectivity index (χ3v) is 5.15. The minimum Gasteiger partial charge on any atom is -0.354 e. The lowest BCUT2D eigenvalue weighted by Crippen LogP contribution is -2.42. The van der Waals surface area contributed by atoms with Crippen molar-refractivity contribution in [3.63, 3.8) is 0 Å². The average molecular weight is 354 g/mol. The maximum absolute atomic E-state index is 12.2. The van der Waals surface area contributed by atoms with Gasteiger partial charge in [0.05, 0.1) is 5.69 Å². The lowest BCUT2D eigenvalue weighted by molar-refractivity contribution is -0.122. The molecule has 2 aromatic rings. The van der Waals surface area contributed by atoms with Gasteiger partial charge in [0.15, 0.2) is 0 Å². The van der Waals surface area contributed by atoms with E-state index in [1.54, 1.807) is 4.68 Å². The molecule has 3 rings (SSSR count). The molecular weight excluding hydrogens is 324 g/mol. The number of carbonyl (C=O) groups excluding carboxylic acids is 1. The van der Waals surface area contributed by atoms with Crippen molar-refractivity contribution in [2.45, 2.75) is 39.7 Å². The van der Waals surface area contributed by atoms with Crippen LogP contribution in [0.2, 0.25) is 0 Å². The van der Waals surface area contributed by atoms with E-state index in [0.717, 1.165) is 37.4 Å². The predicted octanol–water partition coefficient (Wildman–Crippen LogP) is 2.57. The maximum Gasteiger partial charge on any atom is 0.241 e. The second-order valence-corrected chi connectivity index (χ2v) is 7.43. The first-order valence-corrected chi connectivity index (χ1v) is 9.64. The molecule has 1 aliphatic heterocycles. The Morgan fingerprint density at radius 1 is 1.27 bits per heavy atom. The number of rotatable bonds is 7. The Morgan fingerprint density at radius 2 is 2.08 bits per heavy atom. The Labute approximate surface area is 156 Å². The molecule has 1 aliphatic rings. The maximum atomic E-state index is 12.2. The summed E-state index contributed by atoms with van der Waals surface area (Å²) in [7, 11) is 0. The molecule has 1 amide bonds. The van der Waals surface area contributed by atoms with Gasteiger partial charge in [-0.05, 0) is 57.2 Å². The van der Waals surface area contributed by atoms with Crippen molar-refractivity contribution >= 4 is 5.91 Å². The van der Waals surface area contributed by atoms with E-state index < -0.39 is 0 Å². The van der Waals surface area contributed by atoms with Gasteiger partial charge in [0.1, 0.15) is 6.54 Å². The van der Waals surface area contributed by atoms with E-state index in [4.69, 9.17) is 0 Å². The second-order valence-electron chi connectivity index (χ2n) is 7.43. The summed E-state index contributed by atoms with van der Waals surface area (Å²) < 4.78 is 1.78. The van der Waals surface area contributed by atoms with Crippen LogP contribution in [0.25, 0.3) is 0 Å². The highest BCUT2D eigenvalue weighted by molar-refractivity contribution is 5.75. The molecule has 0 radical (unpaired) electrons. The van der Waals surface area contributed by atoms with Crippen LogP contribution in [-0.2, 0) is 17.8 Å². The number of benzene rings is 1. The van der Waals surface area contributed by atoms with Gasteiger partial charge in [-0.3, -0.25) is 9.48 Å². The fraction of sp³-hybridized carbons (Fsp3) is 0.524. The van der Waals surface area contributed by atoms with Gasteiger partial charge >= 0.3 is 0 Å². The number of hydrogen-bond donors (Lipinski definition) is 1. The molecule has 1 atom stereocenters. The van der Waals surface area contributed by atoms with E-state index >= 15 is 0 Å². The van der Waals surface area contributed by atoms with E-state index in [-0.39, 0.29) is 5.91 Å². The molecule has 1 N–H and O–H groups in total. The molecule has 1 unspecified atom stereocenters. The number of aryl methyl sites for hydroxylation is 2. The van der Waals surface area contributed by atoms with Gasteiger partial charge in [0.25, 0.3) is 0 Å². The molecule has 5 heteroatoms. The number of amides is 1. The third-order valence-electron chi connectivity index (χ3n) is 5.15. The van der Waals surface area contributed by atoms with Crippen LogP contribution < -0.4 is 5.32 Å². The fourth-order valence-corrected chi connectivity index (χ4v) is 3.74. The standard InChI is InChI=1S/C21H30N4O/c1-17-13-18(2)25(23-17)16-21(26)22-14-20-9-6-11-24(15-20)12-10-19-7-4-3-5-8-19/h3-5,7-8,13,20H,6,9-12,14-16H2,1-2H3,(H,22,26). The van der Waals surface area contributed by atoms with Crippen LogP contribution >= 0.6 is 0 Å². The second kappa shape index (κ2) is 8.99. The highest BCUT2D eigenvalue weighted by Gasteiger charge is 2.20. The summed E-state index contributed by atoms with van der Waals surface area (Å²) in [6, 6.07) is 12.7.